The third-order valence-corrected chi connectivity index (χ3v) is 3.10. The Hall–Kier alpha value is -3.37. The van der Waals surface area contributed by atoms with E-state index in [0.29, 0.717) is 5.75 Å². The molecule has 6 nitrogen and oxygen atoms in total. The third-order valence-electron chi connectivity index (χ3n) is 3.10. The van der Waals surface area contributed by atoms with Crippen molar-refractivity contribution in [2.75, 3.05) is 18.6 Å². The number of carbonyl (C=O) groups is 2. The van der Waals surface area contributed by atoms with E-state index in [-0.39, 0.29) is 0 Å². The summed E-state index contributed by atoms with van der Waals surface area (Å²) in [6.45, 7) is -1.04. The maximum absolute atomic E-state index is 13.4. The third kappa shape index (κ3) is 5.06. The van der Waals surface area contributed by atoms with E-state index in [1.807, 2.05) is 0 Å². The molecule has 0 saturated carbocycles. The average molecular weight is 389 g/mol. The van der Waals surface area contributed by atoms with Crippen LogP contribution in [0.1, 0.15) is 0 Å². The van der Waals surface area contributed by atoms with Crippen molar-refractivity contribution in [3.63, 3.8) is 0 Å². The van der Waals surface area contributed by atoms with Crippen LogP contribution in [0.15, 0.2) is 30.3 Å². The number of rotatable bonds is 7. The molecular weight excluding hydrogens is 377 g/mol. The van der Waals surface area contributed by atoms with Crippen LogP contribution in [0.5, 0.6) is 5.75 Å². The summed E-state index contributed by atoms with van der Waals surface area (Å²) in [6.07, 6.45) is 0. The molecule has 0 atom stereocenters. The van der Waals surface area contributed by atoms with Gasteiger partial charge in [-0.2, -0.15) is 0 Å². The van der Waals surface area contributed by atoms with Gasteiger partial charge in [-0.25, -0.2) is 22.0 Å². The highest BCUT2D eigenvalue weighted by atomic mass is 19.2. The lowest BCUT2D eigenvalue weighted by molar-refractivity contribution is -0.127. The number of anilines is 1. The van der Waals surface area contributed by atoms with Crippen LogP contribution in [0.4, 0.5) is 27.6 Å². The van der Waals surface area contributed by atoms with Crippen LogP contribution in [0.2, 0.25) is 0 Å². The molecule has 0 aromatic heterocycles. The summed E-state index contributed by atoms with van der Waals surface area (Å²) in [7, 11) is 0. The number of hydrazine groups is 1. The Labute approximate surface area is 149 Å². The topological polar surface area (TPSA) is 79.5 Å². The lowest BCUT2D eigenvalue weighted by Gasteiger charge is -2.12. The van der Waals surface area contributed by atoms with E-state index < -0.39 is 59.7 Å². The highest BCUT2D eigenvalue weighted by molar-refractivity contribution is 5.85. The van der Waals surface area contributed by atoms with E-state index in [1.54, 1.807) is 41.2 Å². The highest BCUT2D eigenvalue weighted by Crippen LogP contribution is 2.26. The molecule has 2 amide bonds. The number of hydrogen-bond acceptors (Lipinski definition) is 4. The predicted octanol–water partition coefficient (Wildman–Crippen LogP) is 2.02. The predicted molar refractivity (Wildman–Crippen MR) is 82.9 cm³/mol. The summed E-state index contributed by atoms with van der Waals surface area (Å²) < 4.78 is 70.9. The van der Waals surface area contributed by atoms with Crippen LogP contribution >= 0.6 is 0 Å². The van der Waals surface area contributed by atoms with E-state index in [9.17, 15) is 31.5 Å². The molecule has 2 aromatic rings. The van der Waals surface area contributed by atoms with Gasteiger partial charge in [-0.15, -0.1) is 0 Å². The van der Waals surface area contributed by atoms with Gasteiger partial charge < -0.3 is 10.1 Å². The minimum Gasteiger partial charge on any atom is -0.484 e. The van der Waals surface area contributed by atoms with Gasteiger partial charge in [0.25, 0.3) is 11.8 Å². The summed E-state index contributed by atoms with van der Waals surface area (Å²) >= 11 is 0. The molecule has 2 aromatic carbocycles. The van der Waals surface area contributed by atoms with Gasteiger partial charge in [-0.1, -0.05) is 18.2 Å². The second-order valence-electron chi connectivity index (χ2n) is 5.00. The number of carbonyl (C=O) groups excluding carboxylic acids is 2. The fourth-order valence-electron chi connectivity index (χ4n) is 1.79. The summed E-state index contributed by atoms with van der Waals surface area (Å²) in [6, 6.07) is 8.33. The number of ether oxygens (including phenoxy) is 1. The fourth-order valence-corrected chi connectivity index (χ4v) is 1.79. The molecule has 0 aliphatic heterocycles. The molecule has 11 heteroatoms. The molecular formula is C16H12F5N3O3. The minimum atomic E-state index is -2.33. The highest BCUT2D eigenvalue weighted by Gasteiger charge is 2.26. The minimum absolute atomic E-state index is 0.400. The lowest BCUT2D eigenvalue weighted by atomic mass is 10.2. The van der Waals surface area contributed by atoms with Crippen molar-refractivity contribution in [1.29, 1.82) is 0 Å². The Morgan fingerprint density at radius 1 is 0.815 bits per heavy atom. The standard InChI is InChI=1S/C16H12F5N3O3/c17-11-12(18)14(20)16(15(21)13(11)19)24-23-9(25)6-22-10(26)7-27-8-4-2-1-3-5-8/h1-5,24H,6-7H2,(H,22,26)(H,23,25). The van der Waals surface area contributed by atoms with Crippen molar-refractivity contribution in [2.45, 2.75) is 0 Å². The molecule has 3 N–H and O–H groups in total. The zero-order valence-corrected chi connectivity index (χ0v) is 13.4. The first-order valence-corrected chi connectivity index (χ1v) is 7.32. The molecule has 0 bridgehead atoms. The molecule has 0 fully saturated rings. The number of nitrogens with one attached hydrogen (secondary N) is 3. The Morgan fingerprint density at radius 2 is 1.37 bits per heavy atom. The number of benzene rings is 2. The quantitative estimate of drug-likeness (QED) is 0.293. The normalized spacial score (nSPS) is 10.3. The molecule has 27 heavy (non-hydrogen) atoms. The maximum atomic E-state index is 13.4. The molecule has 0 heterocycles. The van der Waals surface area contributed by atoms with Gasteiger partial charge in [0, 0.05) is 0 Å². The van der Waals surface area contributed by atoms with Crippen molar-refractivity contribution in [2.24, 2.45) is 0 Å². The first kappa shape index (κ1) is 19.9. The zero-order chi connectivity index (χ0) is 20.0. The van der Waals surface area contributed by atoms with Crippen LogP contribution in [0.25, 0.3) is 0 Å². The van der Waals surface area contributed by atoms with Gasteiger partial charge in [0.15, 0.2) is 29.9 Å². The van der Waals surface area contributed by atoms with E-state index in [1.165, 1.54) is 0 Å². The first-order chi connectivity index (χ1) is 12.8. The van der Waals surface area contributed by atoms with Crippen LogP contribution in [0, 0.1) is 29.1 Å². The Balaban J connectivity index is 1.82. The summed E-state index contributed by atoms with van der Waals surface area (Å²) in [5.74, 6) is -12.2. The smallest absolute Gasteiger partial charge is 0.258 e. The Kier molecular flexibility index (Phi) is 6.52. The number of para-hydroxylation sites is 1. The van der Waals surface area contributed by atoms with E-state index >= 15 is 0 Å². The monoisotopic (exact) mass is 389 g/mol. The number of amides is 2. The fraction of sp³-hybridized carbons (Fsp3) is 0.125. The molecule has 2 rings (SSSR count). The molecule has 0 aliphatic carbocycles. The largest absolute Gasteiger partial charge is 0.484 e. The summed E-state index contributed by atoms with van der Waals surface area (Å²) in [4.78, 5) is 23.1. The Bertz CT molecular complexity index is 820. The zero-order valence-electron chi connectivity index (χ0n) is 13.4. The molecule has 0 aliphatic rings. The number of halogens is 5. The van der Waals surface area contributed by atoms with Gasteiger partial charge in [-0.3, -0.25) is 20.4 Å². The van der Waals surface area contributed by atoms with Crippen LogP contribution < -0.4 is 20.9 Å². The molecule has 0 radical (unpaired) electrons. The second kappa shape index (κ2) is 8.83. The Morgan fingerprint density at radius 3 is 1.96 bits per heavy atom. The van der Waals surface area contributed by atoms with Crippen molar-refractivity contribution >= 4 is 17.5 Å². The molecule has 0 unspecified atom stereocenters. The van der Waals surface area contributed by atoms with Gasteiger partial charge >= 0.3 is 0 Å². The molecule has 144 valence electrons. The first-order valence-electron chi connectivity index (χ1n) is 7.32. The number of hydrogen-bond donors (Lipinski definition) is 3. The average Bonchev–Trinajstić information content (AvgIpc) is 2.68. The lowest BCUT2D eigenvalue weighted by Crippen LogP contribution is -2.41. The molecule has 0 spiro atoms. The van der Waals surface area contributed by atoms with Crippen LogP contribution in [-0.4, -0.2) is 25.0 Å². The van der Waals surface area contributed by atoms with E-state index in [2.05, 4.69) is 5.32 Å². The van der Waals surface area contributed by atoms with Crippen molar-refractivity contribution < 1.29 is 36.3 Å². The van der Waals surface area contributed by atoms with Gasteiger partial charge in [0.1, 0.15) is 11.4 Å². The molecule has 0 saturated heterocycles. The van der Waals surface area contributed by atoms with Crippen molar-refractivity contribution in [3.8, 4) is 5.75 Å². The summed E-state index contributed by atoms with van der Waals surface area (Å²) in [5, 5.41) is 2.14. The van der Waals surface area contributed by atoms with Crippen LogP contribution in [-0.2, 0) is 9.59 Å². The second-order valence-corrected chi connectivity index (χ2v) is 5.00. The van der Waals surface area contributed by atoms with E-state index in [4.69, 9.17) is 4.74 Å². The summed E-state index contributed by atoms with van der Waals surface area (Å²) in [5.41, 5.74) is 1.86. The van der Waals surface area contributed by atoms with Gasteiger partial charge in [0.2, 0.25) is 5.82 Å². The van der Waals surface area contributed by atoms with Gasteiger partial charge in [-0.05, 0) is 12.1 Å². The van der Waals surface area contributed by atoms with E-state index in [0.717, 1.165) is 0 Å². The van der Waals surface area contributed by atoms with Gasteiger partial charge in [0.05, 0.1) is 6.54 Å². The van der Waals surface area contributed by atoms with Crippen molar-refractivity contribution in [1.82, 2.24) is 10.7 Å². The van der Waals surface area contributed by atoms with Crippen LogP contribution in [0.3, 0.4) is 0 Å². The SMILES string of the molecule is O=C(COc1ccccc1)NCC(=O)NNc1c(F)c(F)c(F)c(F)c1F. The van der Waals surface area contributed by atoms with Crippen molar-refractivity contribution in [3.05, 3.63) is 59.4 Å². The maximum Gasteiger partial charge on any atom is 0.258 e.